The largest absolute Gasteiger partial charge is 0.138 e. The molecule has 10 rings (SSSR count). The molecule has 0 aromatic heterocycles. The minimum Gasteiger partial charge on any atom is -0.0942 e. The summed E-state index contributed by atoms with van der Waals surface area (Å²) in [4.78, 5) is 0. The van der Waals surface area contributed by atoms with Gasteiger partial charge in [-0.2, -0.15) is 0 Å². The fourth-order valence-electron chi connectivity index (χ4n) is 10.3. The summed E-state index contributed by atoms with van der Waals surface area (Å²) in [7, 11) is 4.79. The molecule has 0 unspecified atom stereocenters. The molecular weight excluding hydrogens is 646 g/mol. The summed E-state index contributed by atoms with van der Waals surface area (Å²) in [5.41, 5.74) is 22.0. The van der Waals surface area contributed by atoms with Crippen LogP contribution >= 0.6 is 0 Å². The molecule has 2 heteroatoms. The molecule has 2 fully saturated rings. The Balaban J connectivity index is 1.39. The standard InChI is InChI=1S/C52H50B2/c1-32-15-8-9-22-37(32)40-27-14-28-43(46(40)35-20-12-21-35)49-41-23-10-11-24-42(41)50(44-31-45(53)52(54)47(51(44)49)36-29-30-36)48-38(33-16-4-2-5-17-33)25-13-26-39(48)34-18-6-3-7-19-34/h2,4-5,9-11,13-14,16-18,22-28,31,35-36H,3,6-8,12,15,19-21,29-30,53-54H2,1H3. The molecule has 264 valence electrons. The summed E-state index contributed by atoms with van der Waals surface area (Å²) < 4.78 is 0. The summed E-state index contributed by atoms with van der Waals surface area (Å²) in [5.74, 6) is 1.21. The van der Waals surface area contributed by atoms with Crippen LogP contribution in [0.2, 0.25) is 0 Å². The number of hydrogen-bond acceptors (Lipinski definition) is 0. The SMILES string of the molecule is Bc1cc2c(-c3c(C4=CCCCC4)cccc3-c3ccccc3)c3ccccc3c(-c3cccc(C4=C(C)CCC=C4)c3C3CCC3)c2c(C2CC2)c1B. The van der Waals surface area contributed by atoms with E-state index in [0.717, 1.165) is 19.3 Å². The van der Waals surface area contributed by atoms with Gasteiger partial charge in [0.1, 0.15) is 15.7 Å². The van der Waals surface area contributed by atoms with E-state index >= 15 is 0 Å². The Morgan fingerprint density at radius 1 is 0.556 bits per heavy atom. The maximum absolute atomic E-state index is 2.59. The van der Waals surface area contributed by atoms with Gasteiger partial charge >= 0.3 is 0 Å². The summed E-state index contributed by atoms with van der Waals surface area (Å²) in [6.07, 6.45) is 21.0. The molecule has 0 amide bonds. The maximum atomic E-state index is 2.59. The zero-order valence-corrected chi connectivity index (χ0v) is 32.4. The predicted octanol–water partition coefficient (Wildman–Crippen LogP) is 11.7. The normalized spacial score (nSPS) is 17.6. The van der Waals surface area contributed by atoms with Gasteiger partial charge in [0, 0.05) is 0 Å². The van der Waals surface area contributed by atoms with Gasteiger partial charge in [0.05, 0.1) is 0 Å². The van der Waals surface area contributed by atoms with Crippen molar-refractivity contribution in [2.45, 2.75) is 89.4 Å². The van der Waals surface area contributed by atoms with Crippen LogP contribution in [0.25, 0.3) is 66.1 Å². The Labute approximate surface area is 323 Å². The van der Waals surface area contributed by atoms with Crippen LogP contribution < -0.4 is 10.9 Å². The van der Waals surface area contributed by atoms with Gasteiger partial charge in [0.15, 0.2) is 0 Å². The molecule has 0 aliphatic heterocycles. The van der Waals surface area contributed by atoms with E-state index in [2.05, 4.69) is 138 Å². The van der Waals surface area contributed by atoms with E-state index in [9.17, 15) is 0 Å². The third-order valence-electron chi connectivity index (χ3n) is 13.5. The number of rotatable bonds is 7. The second kappa shape index (κ2) is 13.8. The van der Waals surface area contributed by atoms with E-state index in [-0.39, 0.29) is 0 Å². The molecule has 4 aliphatic carbocycles. The molecule has 0 bridgehead atoms. The Kier molecular flexibility index (Phi) is 8.62. The summed E-state index contributed by atoms with van der Waals surface area (Å²) in [5, 5.41) is 5.74. The van der Waals surface area contributed by atoms with E-state index in [4.69, 9.17) is 0 Å². The highest BCUT2D eigenvalue weighted by atomic mass is 14.4. The van der Waals surface area contributed by atoms with Crippen LogP contribution in [-0.4, -0.2) is 15.7 Å². The monoisotopic (exact) mass is 696 g/mol. The second-order valence-corrected chi connectivity index (χ2v) is 16.8. The molecule has 0 spiro atoms. The van der Waals surface area contributed by atoms with Crippen molar-refractivity contribution in [3.8, 4) is 33.4 Å². The number of benzene rings is 6. The fraction of sp³-hybridized carbons (Fsp3) is 0.269. The average molecular weight is 697 g/mol. The molecule has 4 aliphatic rings. The van der Waals surface area contributed by atoms with Gasteiger partial charge in [-0.25, -0.2) is 0 Å². The Morgan fingerprint density at radius 2 is 1.26 bits per heavy atom. The van der Waals surface area contributed by atoms with Gasteiger partial charge in [0.2, 0.25) is 0 Å². The molecule has 0 heterocycles. The molecule has 0 atom stereocenters. The zero-order valence-electron chi connectivity index (χ0n) is 32.4. The molecule has 54 heavy (non-hydrogen) atoms. The Bertz CT molecular complexity index is 2560. The summed E-state index contributed by atoms with van der Waals surface area (Å²) in [6.45, 7) is 2.37. The molecule has 0 nitrogen and oxygen atoms in total. The number of hydrogen-bond donors (Lipinski definition) is 0. The van der Waals surface area contributed by atoms with E-state index in [1.165, 1.54) is 145 Å². The third kappa shape index (κ3) is 5.59. The zero-order chi connectivity index (χ0) is 36.3. The molecule has 2 saturated carbocycles. The van der Waals surface area contributed by atoms with Crippen molar-refractivity contribution in [1.82, 2.24) is 0 Å². The van der Waals surface area contributed by atoms with Gasteiger partial charge in [-0.15, -0.1) is 0 Å². The van der Waals surface area contributed by atoms with Crippen molar-refractivity contribution in [2.24, 2.45) is 0 Å². The highest BCUT2D eigenvalue weighted by Gasteiger charge is 2.34. The first-order valence-corrected chi connectivity index (χ1v) is 20.9. The molecular formula is C52H50B2. The molecule has 0 N–H and O–H groups in total. The quantitative estimate of drug-likeness (QED) is 0.115. The fourth-order valence-corrected chi connectivity index (χ4v) is 10.3. The van der Waals surface area contributed by atoms with Gasteiger partial charge in [0.25, 0.3) is 0 Å². The molecule has 0 radical (unpaired) electrons. The summed E-state index contributed by atoms with van der Waals surface area (Å²) in [6, 6.07) is 37.7. The number of allylic oxidation sites excluding steroid dienone is 6. The molecule has 6 aromatic carbocycles. The van der Waals surface area contributed by atoms with Crippen LogP contribution in [0, 0.1) is 0 Å². The van der Waals surface area contributed by atoms with E-state index in [1.54, 1.807) is 11.1 Å². The van der Waals surface area contributed by atoms with Gasteiger partial charge < -0.3 is 0 Å². The topological polar surface area (TPSA) is 0 Å². The van der Waals surface area contributed by atoms with Gasteiger partial charge in [-0.05, 0) is 171 Å². The minimum absolute atomic E-state index is 0.597. The van der Waals surface area contributed by atoms with Crippen molar-refractivity contribution in [3.05, 3.63) is 143 Å². The van der Waals surface area contributed by atoms with E-state index < -0.39 is 0 Å². The highest BCUT2D eigenvalue weighted by molar-refractivity contribution is 6.51. The molecule has 0 saturated heterocycles. The van der Waals surface area contributed by atoms with Crippen molar-refractivity contribution < 1.29 is 0 Å². The second-order valence-electron chi connectivity index (χ2n) is 16.8. The smallest absolute Gasteiger partial charge is 0.0942 e. The van der Waals surface area contributed by atoms with Crippen molar-refractivity contribution in [3.63, 3.8) is 0 Å². The lowest BCUT2D eigenvalue weighted by molar-refractivity contribution is 0.420. The van der Waals surface area contributed by atoms with Crippen LogP contribution in [0.4, 0.5) is 0 Å². The highest BCUT2D eigenvalue weighted by Crippen LogP contribution is 2.55. The lowest BCUT2D eigenvalue weighted by Crippen LogP contribution is -2.29. The van der Waals surface area contributed by atoms with Crippen molar-refractivity contribution >= 4 is 59.3 Å². The predicted molar refractivity (Wildman–Crippen MR) is 240 cm³/mol. The van der Waals surface area contributed by atoms with Crippen LogP contribution in [0.3, 0.4) is 0 Å². The summed E-state index contributed by atoms with van der Waals surface area (Å²) >= 11 is 0. The van der Waals surface area contributed by atoms with Gasteiger partial charge in [-0.1, -0.05) is 138 Å². The van der Waals surface area contributed by atoms with E-state index in [0.29, 0.717) is 11.8 Å². The first-order chi connectivity index (χ1) is 26.6. The third-order valence-corrected chi connectivity index (χ3v) is 13.5. The van der Waals surface area contributed by atoms with Crippen LogP contribution in [0.5, 0.6) is 0 Å². The Morgan fingerprint density at radius 3 is 1.96 bits per heavy atom. The van der Waals surface area contributed by atoms with Crippen molar-refractivity contribution in [1.29, 1.82) is 0 Å². The molecule has 6 aromatic rings. The van der Waals surface area contributed by atoms with Gasteiger partial charge in [-0.3, -0.25) is 0 Å². The van der Waals surface area contributed by atoms with Crippen LogP contribution in [0.1, 0.15) is 112 Å². The number of fused-ring (bicyclic) bond motifs is 2. The van der Waals surface area contributed by atoms with Crippen LogP contribution in [0.15, 0.2) is 121 Å². The first-order valence-electron chi connectivity index (χ1n) is 20.9. The van der Waals surface area contributed by atoms with Crippen molar-refractivity contribution in [2.75, 3.05) is 0 Å². The first kappa shape index (κ1) is 33.7. The lowest BCUT2D eigenvalue weighted by atomic mass is 9.69. The maximum Gasteiger partial charge on any atom is 0.138 e. The lowest BCUT2D eigenvalue weighted by Gasteiger charge is -2.33. The Hall–Kier alpha value is -4.81. The minimum atomic E-state index is 0.597. The van der Waals surface area contributed by atoms with Crippen LogP contribution in [-0.2, 0) is 0 Å². The van der Waals surface area contributed by atoms with E-state index in [1.807, 2.05) is 0 Å². The average Bonchev–Trinajstić information content (AvgIpc) is 4.04.